The number of aryl methyl sites for hydroxylation is 1. The number of hydrogen-bond acceptors (Lipinski definition) is 0. The van der Waals surface area contributed by atoms with E-state index in [1.165, 1.54) is 21.8 Å². The second-order valence-electron chi connectivity index (χ2n) is 4.41. The molecule has 0 amide bonds. The minimum absolute atomic E-state index is 1.30. The highest BCUT2D eigenvalue weighted by atomic mass is 14.9. The molecule has 0 N–H and O–H groups in total. The number of rotatable bonds is 0. The summed E-state index contributed by atoms with van der Waals surface area (Å²) in [5.74, 6) is 0. The molecule has 0 radical (unpaired) electrons. The quantitative estimate of drug-likeness (QED) is 0.458. The van der Waals surface area contributed by atoms with E-state index in [1.807, 2.05) is 13.8 Å². The highest BCUT2D eigenvalue weighted by molar-refractivity contribution is 6.07. The predicted molar refractivity (Wildman–Crippen MR) is 92.2 cm³/mol. The van der Waals surface area contributed by atoms with Crippen molar-refractivity contribution in [2.45, 2.75) is 13.8 Å². The Morgan fingerprint density at radius 2 is 1.05 bits per heavy atom. The summed E-state index contributed by atoms with van der Waals surface area (Å²) in [5.41, 5.74) is 2.60. The lowest BCUT2D eigenvalue weighted by atomic mass is 10.2. The van der Waals surface area contributed by atoms with Crippen molar-refractivity contribution in [3.63, 3.8) is 0 Å². The van der Waals surface area contributed by atoms with Crippen molar-refractivity contribution in [1.29, 1.82) is 0 Å². The van der Waals surface area contributed by atoms with Gasteiger partial charge in [0.1, 0.15) is 0 Å². The SMILES string of the molecule is C=CC.C=CC.Cn1c2ccccc2c2ccccc21. The Bertz CT molecular complexity index is 630. The van der Waals surface area contributed by atoms with E-state index in [0.717, 1.165) is 0 Å². The van der Waals surface area contributed by atoms with E-state index in [9.17, 15) is 0 Å². The van der Waals surface area contributed by atoms with E-state index >= 15 is 0 Å². The zero-order chi connectivity index (χ0) is 15.0. The Kier molecular flexibility index (Phi) is 6.31. The number of para-hydroxylation sites is 2. The van der Waals surface area contributed by atoms with Gasteiger partial charge in [0.2, 0.25) is 0 Å². The number of hydrogen-bond donors (Lipinski definition) is 0. The molecule has 3 aromatic rings. The van der Waals surface area contributed by atoms with Crippen LogP contribution in [0.15, 0.2) is 73.8 Å². The van der Waals surface area contributed by atoms with E-state index in [1.54, 1.807) is 12.2 Å². The first kappa shape index (κ1) is 15.8. The molecule has 0 saturated carbocycles. The molecule has 1 heteroatoms. The monoisotopic (exact) mass is 265 g/mol. The molecule has 1 nitrogen and oxygen atoms in total. The van der Waals surface area contributed by atoms with Gasteiger partial charge in [0.15, 0.2) is 0 Å². The van der Waals surface area contributed by atoms with E-state index in [4.69, 9.17) is 0 Å². The predicted octanol–water partition coefficient (Wildman–Crippen LogP) is 5.72. The zero-order valence-electron chi connectivity index (χ0n) is 12.6. The standard InChI is InChI=1S/C13H11N.2C3H6/c1-14-12-8-4-2-6-10(12)11-7-3-5-9-13(11)14;2*1-3-2/h2-9H,1H3;2*3H,1H2,2H3. The van der Waals surface area contributed by atoms with Crippen LogP contribution in [0.2, 0.25) is 0 Å². The van der Waals surface area contributed by atoms with Gasteiger partial charge in [-0.2, -0.15) is 0 Å². The number of aromatic nitrogens is 1. The van der Waals surface area contributed by atoms with E-state index in [2.05, 4.69) is 73.3 Å². The molecule has 0 fully saturated rings. The maximum absolute atomic E-state index is 3.36. The van der Waals surface area contributed by atoms with Crippen LogP contribution in [0.4, 0.5) is 0 Å². The topological polar surface area (TPSA) is 4.93 Å². The van der Waals surface area contributed by atoms with E-state index in [-0.39, 0.29) is 0 Å². The van der Waals surface area contributed by atoms with Crippen LogP contribution in [0.5, 0.6) is 0 Å². The molecule has 20 heavy (non-hydrogen) atoms. The van der Waals surface area contributed by atoms with Gasteiger partial charge in [-0.15, -0.1) is 13.2 Å². The van der Waals surface area contributed by atoms with Crippen LogP contribution >= 0.6 is 0 Å². The first-order valence-corrected chi connectivity index (χ1v) is 6.77. The Hall–Kier alpha value is -2.28. The molecule has 0 aliphatic carbocycles. The molecule has 0 atom stereocenters. The fourth-order valence-electron chi connectivity index (χ4n) is 2.12. The molecule has 1 heterocycles. The molecule has 0 saturated heterocycles. The van der Waals surface area contributed by atoms with Crippen LogP contribution in [0, 0.1) is 0 Å². The molecular formula is C19H23N. The average molecular weight is 265 g/mol. The Morgan fingerprint density at radius 3 is 1.40 bits per heavy atom. The summed E-state index contributed by atoms with van der Waals surface area (Å²) >= 11 is 0. The first-order valence-electron chi connectivity index (χ1n) is 6.77. The third-order valence-electron chi connectivity index (χ3n) is 2.82. The molecule has 3 rings (SSSR count). The fraction of sp³-hybridized carbons (Fsp3) is 0.158. The molecule has 0 spiro atoms. The summed E-state index contributed by atoms with van der Waals surface area (Å²) in [7, 11) is 2.12. The molecule has 0 aliphatic heterocycles. The first-order chi connectivity index (χ1) is 9.71. The van der Waals surface area contributed by atoms with Gasteiger partial charge in [-0.25, -0.2) is 0 Å². The number of benzene rings is 2. The van der Waals surface area contributed by atoms with Crippen LogP contribution in [0.3, 0.4) is 0 Å². The second kappa shape index (κ2) is 8.00. The number of allylic oxidation sites excluding steroid dienone is 2. The maximum atomic E-state index is 3.36. The fourth-order valence-corrected chi connectivity index (χ4v) is 2.12. The van der Waals surface area contributed by atoms with Crippen LogP contribution < -0.4 is 0 Å². The van der Waals surface area contributed by atoms with Crippen LogP contribution in [0.1, 0.15) is 13.8 Å². The van der Waals surface area contributed by atoms with Crippen LogP contribution in [-0.2, 0) is 7.05 Å². The molecule has 0 aliphatic rings. The summed E-state index contributed by atoms with van der Waals surface area (Å²) < 4.78 is 2.24. The van der Waals surface area contributed by atoms with Gasteiger partial charge in [-0.05, 0) is 26.0 Å². The van der Waals surface area contributed by atoms with Gasteiger partial charge in [0.05, 0.1) is 0 Å². The molecule has 0 unspecified atom stereocenters. The Morgan fingerprint density at radius 1 is 0.750 bits per heavy atom. The highest BCUT2D eigenvalue weighted by Crippen LogP contribution is 2.26. The van der Waals surface area contributed by atoms with Gasteiger partial charge in [0.25, 0.3) is 0 Å². The van der Waals surface area contributed by atoms with Crippen molar-refractivity contribution in [2.24, 2.45) is 7.05 Å². The van der Waals surface area contributed by atoms with Crippen molar-refractivity contribution in [3.05, 3.63) is 73.8 Å². The smallest absolute Gasteiger partial charge is 0.0488 e. The minimum atomic E-state index is 1.30. The van der Waals surface area contributed by atoms with Gasteiger partial charge in [0, 0.05) is 28.9 Å². The minimum Gasteiger partial charge on any atom is -0.344 e. The lowest BCUT2D eigenvalue weighted by molar-refractivity contribution is 1.01. The van der Waals surface area contributed by atoms with Crippen molar-refractivity contribution in [3.8, 4) is 0 Å². The molecule has 2 aromatic carbocycles. The lowest BCUT2D eigenvalue weighted by Gasteiger charge is -1.95. The van der Waals surface area contributed by atoms with Crippen molar-refractivity contribution >= 4 is 21.8 Å². The maximum Gasteiger partial charge on any atom is 0.0488 e. The van der Waals surface area contributed by atoms with Crippen LogP contribution in [-0.4, -0.2) is 4.57 Å². The summed E-state index contributed by atoms with van der Waals surface area (Å²) in [6, 6.07) is 17.0. The van der Waals surface area contributed by atoms with E-state index in [0.29, 0.717) is 0 Å². The zero-order valence-corrected chi connectivity index (χ0v) is 12.6. The van der Waals surface area contributed by atoms with Gasteiger partial charge < -0.3 is 4.57 Å². The van der Waals surface area contributed by atoms with Gasteiger partial charge in [-0.1, -0.05) is 48.6 Å². The van der Waals surface area contributed by atoms with Crippen LogP contribution in [0.25, 0.3) is 21.8 Å². The number of fused-ring (bicyclic) bond motifs is 3. The third kappa shape index (κ3) is 3.39. The van der Waals surface area contributed by atoms with Gasteiger partial charge in [-0.3, -0.25) is 0 Å². The number of nitrogens with zero attached hydrogens (tertiary/aromatic N) is 1. The van der Waals surface area contributed by atoms with Crippen molar-refractivity contribution in [1.82, 2.24) is 4.57 Å². The highest BCUT2D eigenvalue weighted by Gasteiger charge is 2.04. The average Bonchev–Trinajstić information content (AvgIpc) is 2.76. The van der Waals surface area contributed by atoms with E-state index < -0.39 is 0 Å². The summed E-state index contributed by atoms with van der Waals surface area (Å²) in [6.45, 7) is 10.5. The van der Waals surface area contributed by atoms with Crippen molar-refractivity contribution in [2.75, 3.05) is 0 Å². The largest absolute Gasteiger partial charge is 0.344 e. The lowest BCUT2D eigenvalue weighted by Crippen LogP contribution is -1.84. The summed E-state index contributed by atoms with van der Waals surface area (Å²) in [5, 5.41) is 2.68. The molecule has 0 bridgehead atoms. The molecular weight excluding hydrogens is 242 g/mol. The van der Waals surface area contributed by atoms with Gasteiger partial charge >= 0.3 is 0 Å². The summed E-state index contributed by atoms with van der Waals surface area (Å²) in [4.78, 5) is 0. The Labute approximate surface area is 121 Å². The molecule has 104 valence electrons. The normalized spacial score (nSPS) is 9.15. The molecule has 1 aromatic heterocycles. The van der Waals surface area contributed by atoms with Crippen molar-refractivity contribution < 1.29 is 0 Å². The Balaban J connectivity index is 0.000000290. The third-order valence-corrected chi connectivity index (χ3v) is 2.82. The summed E-state index contributed by atoms with van der Waals surface area (Å²) in [6.07, 6.45) is 3.50. The second-order valence-corrected chi connectivity index (χ2v) is 4.41.